The fourth-order valence-corrected chi connectivity index (χ4v) is 3.71. The van der Waals surface area contributed by atoms with E-state index in [1.807, 2.05) is 0 Å². The van der Waals surface area contributed by atoms with Crippen LogP contribution in [0.4, 0.5) is 4.79 Å². The molecule has 0 saturated carbocycles. The van der Waals surface area contributed by atoms with Gasteiger partial charge in [-0.15, -0.1) is 0 Å². The summed E-state index contributed by atoms with van der Waals surface area (Å²) in [4.78, 5) is 26.3. The Morgan fingerprint density at radius 3 is 2.65 bits per heavy atom. The van der Waals surface area contributed by atoms with Gasteiger partial charge < -0.3 is 24.7 Å². The number of carbonyl (C=O) groups is 2. The summed E-state index contributed by atoms with van der Waals surface area (Å²) in [5, 5.41) is 5.63. The summed E-state index contributed by atoms with van der Waals surface area (Å²) in [5.41, 5.74) is 1.08. The third-order valence-electron chi connectivity index (χ3n) is 4.96. The number of esters is 1. The van der Waals surface area contributed by atoms with Gasteiger partial charge in [0.05, 0.1) is 37.2 Å². The lowest BCUT2D eigenvalue weighted by atomic mass is 9.99. The molecule has 2 aliphatic rings. The van der Waals surface area contributed by atoms with Crippen molar-refractivity contribution in [3.05, 3.63) is 35.4 Å². The third kappa shape index (κ3) is 4.46. The van der Waals surface area contributed by atoms with Crippen molar-refractivity contribution < 1.29 is 23.6 Å². The minimum atomic E-state index is -0.623. The van der Waals surface area contributed by atoms with Gasteiger partial charge in [-0.1, -0.05) is 6.42 Å². The molecule has 1 aromatic heterocycles. The van der Waals surface area contributed by atoms with Crippen LogP contribution >= 0.6 is 0 Å². The van der Waals surface area contributed by atoms with E-state index in [-0.39, 0.29) is 12.6 Å². The van der Waals surface area contributed by atoms with Crippen LogP contribution in [0.5, 0.6) is 0 Å². The number of urea groups is 1. The number of carbonyl (C=O) groups excluding carboxylic acids is 2. The van der Waals surface area contributed by atoms with E-state index in [4.69, 9.17) is 9.15 Å². The van der Waals surface area contributed by atoms with E-state index in [2.05, 4.69) is 10.6 Å². The molecule has 1 atom stereocenters. The average molecular weight is 362 g/mol. The molecule has 142 valence electrons. The molecule has 2 aliphatic heterocycles. The highest BCUT2D eigenvalue weighted by atomic mass is 16.5. The summed E-state index contributed by atoms with van der Waals surface area (Å²) in [6, 6.07) is 2.56. The van der Waals surface area contributed by atoms with Gasteiger partial charge >= 0.3 is 12.0 Å². The summed E-state index contributed by atoms with van der Waals surface area (Å²) in [7, 11) is 0. The first-order valence-electron chi connectivity index (χ1n) is 9.53. The highest BCUT2D eigenvalue weighted by molar-refractivity contribution is 5.95. The highest BCUT2D eigenvalue weighted by Gasteiger charge is 2.36. The predicted molar refractivity (Wildman–Crippen MR) is 95.4 cm³/mol. The molecular formula is C19H28N3O4+. The Hall–Kier alpha value is -2.28. The second kappa shape index (κ2) is 8.89. The van der Waals surface area contributed by atoms with Gasteiger partial charge in [-0.05, 0) is 44.7 Å². The lowest BCUT2D eigenvalue weighted by Gasteiger charge is -2.30. The van der Waals surface area contributed by atoms with E-state index in [1.54, 1.807) is 19.1 Å². The Balaban J connectivity index is 1.90. The zero-order chi connectivity index (χ0) is 18.4. The topological polar surface area (TPSA) is 85.0 Å². The molecule has 1 saturated heterocycles. The van der Waals surface area contributed by atoms with Gasteiger partial charge in [0.15, 0.2) is 0 Å². The Morgan fingerprint density at radius 2 is 2.00 bits per heavy atom. The lowest BCUT2D eigenvalue weighted by Crippen LogP contribution is -3.12. The zero-order valence-electron chi connectivity index (χ0n) is 15.3. The first kappa shape index (κ1) is 18.5. The molecule has 0 bridgehead atoms. The van der Waals surface area contributed by atoms with Gasteiger partial charge in [-0.25, -0.2) is 9.59 Å². The second-order valence-corrected chi connectivity index (χ2v) is 6.85. The summed E-state index contributed by atoms with van der Waals surface area (Å²) < 4.78 is 10.7. The molecule has 2 amide bonds. The van der Waals surface area contributed by atoms with Gasteiger partial charge in [0, 0.05) is 0 Å². The van der Waals surface area contributed by atoms with Crippen LogP contribution in [0.3, 0.4) is 0 Å². The van der Waals surface area contributed by atoms with Crippen molar-refractivity contribution >= 4 is 12.0 Å². The molecule has 7 heteroatoms. The van der Waals surface area contributed by atoms with Crippen LogP contribution in [0, 0.1) is 0 Å². The van der Waals surface area contributed by atoms with Crippen molar-refractivity contribution in [1.82, 2.24) is 10.6 Å². The molecule has 0 unspecified atom stereocenters. The third-order valence-corrected chi connectivity index (χ3v) is 4.96. The van der Waals surface area contributed by atoms with Crippen LogP contribution in [-0.4, -0.2) is 38.2 Å². The molecule has 0 spiro atoms. The molecule has 26 heavy (non-hydrogen) atoms. The predicted octanol–water partition coefficient (Wildman–Crippen LogP) is 1.30. The first-order chi connectivity index (χ1) is 12.7. The van der Waals surface area contributed by atoms with Crippen molar-refractivity contribution in [2.24, 2.45) is 0 Å². The van der Waals surface area contributed by atoms with Crippen LogP contribution in [-0.2, 0) is 9.53 Å². The fraction of sp³-hybridized carbons (Fsp3) is 0.579. The number of hydrogen-bond donors (Lipinski definition) is 3. The number of rotatable bonds is 5. The Morgan fingerprint density at radius 1 is 1.27 bits per heavy atom. The lowest BCUT2D eigenvalue weighted by molar-refractivity contribution is -0.896. The zero-order valence-corrected chi connectivity index (χ0v) is 15.3. The molecule has 7 nitrogen and oxygen atoms in total. The van der Waals surface area contributed by atoms with Gasteiger partial charge in [0.1, 0.15) is 18.3 Å². The van der Waals surface area contributed by atoms with Crippen LogP contribution < -0.4 is 15.5 Å². The number of quaternary nitrogens is 1. The SMILES string of the molecule is CCOC(=O)C1=C(C[NH+]2CCCCCCC2)NC(=O)N[C@H]1c1ccco1. The monoisotopic (exact) mass is 362 g/mol. The van der Waals surface area contributed by atoms with Crippen molar-refractivity contribution in [3.63, 3.8) is 0 Å². The number of ether oxygens (including phenoxy) is 1. The molecule has 1 fully saturated rings. The smallest absolute Gasteiger partial charge is 0.338 e. The number of nitrogens with one attached hydrogen (secondary N) is 3. The van der Waals surface area contributed by atoms with Crippen molar-refractivity contribution in [2.45, 2.75) is 45.1 Å². The maximum atomic E-state index is 12.7. The van der Waals surface area contributed by atoms with E-state index in [1.165, 1.54) is 43.3 Å². The van der Waals surface area contributed by atoms with E-state index in [0.29, 0.717) is 23.6 Å². The Labute approximate surface area is 153 Å². The maximum absolute atomic E-state index is 12.7. The molecular weight excluding hydrogens is 334 g/mol. The second-order valence-electron chi connectivity index (χ2n) is 6.85. The van der Waals surface area contributed by atoms with Gasteiger partial charge in [0.25, 0.3) is 0 Å². The average Bonchev–Trinajstić information content (AvgIpc) is 3.11. The quantitative estimate of drug-likeness (QED) is 0.690. The van der Waals surface area contributed by atoms with E-state index in [9.17, 15) is 9.59 Å². The van der Waals surface area contributed by atoms with Crippen molar-refractivity contribution in [3.8, 4) is 0 Å². The van der Waals surface area contributed by atoms with Crippen LogP contribution in [0.25, 0.3) is 0 Å². The molecule has 3 rings (SSSR count). The van der Waals surface area contributed by atoms with Gasteiger partial charge in [-0.3, -0.25) is 0 Å². The summed E-state index contributed by atoms with van der Waals surface area (Å²) in [6.45, 7) is 4.77. The van der Waals surface area contributed by atoms with Crippen molar-refractivity contribution in [1.29, 1.82) is 0 Å². The molecule has 3 heterocycles. The Bertz CT molecular complexity index is 646. The standard InChI is InChI=1S/C19H27N3O4/c1-2-25-18(23)16-14(13-22-10-6-4-3-5-7-11-22)20-19(24)21-17(16)15-9-8-12-26-15/h8-9,12,17H,2-7,10-11,13H2,1H3,(H2,20,21,24)/p+1/t17-/m0/s1. The number of hydrogen-bond acceptors (Lipinski definition) is 4. The van der Waals surface area contributed by atoms with Crippen LogP contribution in [0.15, 0.2) is 34.1 Å². The van der Waals surface area contributed by atoms with Crippen LogP contribution in [0.1, 0.15) is 50.8 Å². The Kier molecular flexibility index (Phi) is 6.33. The molecule has 3 N–H and O–H groups in total. The van der Waals surface area contributed by atoms with Crippen molar-refractivity contribution in [2.75, 3.05) is 26.2 Å². The molecule has 1 aromatic rings. The minimum Gasteiger partial charge on any atom is -0.467 e. The normalized spacial score (nSPS) is 22.2. The van der Waals surface area contributed by atoms with E-state index in [0.717, 1.165) is 13.1 Å². The first-order valence-corrected chi connectivity index (χ1v) is 9.53. The number of furan rings is 1. The number of likely N-dealkylation sites (tertiary alicyclic amines) is 1. The highest BCUT2D eigenvalue weighted by Crippen LogP contribution is 2.27. The van der Waals surface area contributed by atoms with E-state index >= 15 is 0 Å². The largest absolute Gasteiger partial charge is 0.467 e. The van der Waals surface area contributed by atoms with Crippen LogP contribution in [0.2, 0.25) is 0 Å². The summed E-state index contributed by atoms with van der Waals surface area (Å²) in [5.74, 6) is 0.117. The van der Waals surface area contributed by atoms with Gasteiger partial charge in [-0.2, -0.15) is 0 Å². The number of amides is 2. The van der Waals surface area contributed by atoms with Gasteiger partial charge in [0.2, 0.25) is 0 Å². The molecule has 0 aromatic carbocycles. The fourth-order valence-electron chi connectivity index (χ4n) is 3.71. The summed E-state index contributed by atoms with van der Waals surface area (Å²) >= 11 is 0. The molecule has 0 aliphatic carbocycles. The minimum absolute atomic E-state index is 0.283. The summed E-state index contributed by atoms with van der Waals surface area (Å²) in [6.07, 6.45) is 7.67. The molecule has 0 radical (unpaired) electrons. The van der Waals surface area contributed by atoms with E-state index < -0.39 is 12.0 Å². The maximum Gasteiger partial charge on any atom is 0.338 e.